The first-order chi connectivity index (χ1) is 9.08. The molecule has 0 unspecified atom stereocenters. The van der Waals surface area contributed by atoms with Gasteiger partial charge in [-0.05, 0) is 58.4 Å². The number of carbonyl (C=O) groups is 1. The van der Waals surface area contributed by atoms with Crippen LogP contribution in [0.15, 0.2) is 40.2 Å². The molecular weight excluding hydrogens is 322 g/mol. The first kappa shape index (κ1) is 14.3. The topological polar surface area (TPSA) is 20.3 Å². The second-order valence-corrected chi connectivity index (χ2v) is 6.43. The molecular formula is C15H16BrNOS. The van der Waals surface area contributed by atoms with E-state index in [0.29, 0.717) is 0 Å². The fourth-order valence-corrected chi connectivity index (χ4v) is 3.19. The maximum Gasteiger partial charge on any atom is 0.254 e. The Morgan fingerprint density at radius 2 is 2.16 bits per heavy atom. The summed E-state index contributed by atoms with van der Waals surface area (Å²) < 4.78 is 0.862. The molecule has 19 heavy (non-hydrogen) atoms. The van der Waals surface area contributed by atoms with Crippen molar-refractivity contribution in [3.63, 3.8) is 0 Å². The summed E-state index contributed by atoms with van der Waals surface area (Å²) in [7, 11) is 1.85. The minimum atomic E-state index is 0.0587. The summed E-state index contributed by atoms with van der Waals surface area (Å²) in [6.45, 7) is 2.75. The van der Waals surface area contributed by atoms with Crippen molar-refractivity contribution in [2.75, 3.05) is 13.6 Å². The highest BCUT2D eigenvalue weighted by Crippen LogP contribution is 2.20. The highest BCUT2D eigenvalue weighted by molar-refractivity contribution is 9.10. The molecule has 2 rings (SSSR count). The number of likely N-dealkylation sites (N-methyl/N-ethyl adjacent to an activating group) is 1. The monoisotopic (exact) mass is 337 g/mol. The lowest BCUT2D eigenvalue weighted by atomic mass is 10.1. The predicted octanol–water partition coefficient (Wildman–Crippen LogP) is 4.13. The van der Waals surface area contributed by atoms with E-state index >= 15 is 0 Å². The van der Waals surface area contributed by atoms with Gasteiger partial charge in [0, 0.05) is 22.9 Å². The summed E-state index contributed by atoms with van der Waals surface area (Å²) in [5.74, 6) is 0.0587. The van der Waals surface area contributed by atoms with Gasteiger partial charge in [0.2, 0.25) is 0 Å². The van der Waals surface area contributed by atoms with Crippen LogP contribution in [0.4, 0.5) is 0 Å². The van der Waals surface area contributed by atoms with E-state index in [4.69, 9.17) is 0 Å². The number of thiophene rings is 1. The number of nitrogens with zero attached hydrogens (tertiary/aromatic N) is 1. The number of hydrogen-bond donors (Lipinski definition) is 0. The van der Waals surface area contributed by atoms with Crippen molar-refractivity contribution in [2.24, 2.45) is 0 Å². The van der Waals surface area contributed by atoms with Gasteiger partial charge in [-0.25, -0.2) is 0 Å². The van der Waals surface area contributed by atoms with Crippen molar-refractivity contribution in [1.82, 2.24) is 4.90 Å². The van der Waals surface area contributed by atoms with Gasteiger partial charge in [-0.3, -0.25) is 4.79 Å². The normalized spacial score (nSPS) is 10.5. The van der Waals surface area contributed by atoms with Crippen LogP contribution < -0.4 is 0 Å². The van der Waals surface area contributed by atoms with Gasteiger partial charge >= 0.3 is 0 Å². The third kappa shape index (κ3) is 3.67. The number of halogens is 1. The molecule has 0 bridgehead atoms. The Bertz CT molecular complexity index is 566. The van der Waals surface area contributed by atoms with Crippen LogP contribution in [0.3, 0.4) is 0 Å². The second-order valence-electron chi connectivity index (χ2n) is 4.54. The molecule has 0 N–H and O–H groups in total. The zero-order valence-corrected chi connectivity index (χ0v) is 13.4. The number of carbonyl (C=O) groups excluding carboxylic acids is 1. The van der Waals surface area contributed by atoms with Crippen LogP contribution >= 0.6 is 27.3 Å². The van der Waals surface area contributed by atoms with Gasteiger partial charge in [-0.15, -0.1) is 11.3 Å². The largest absolute Gasteiger partial charge is 0.341 e. The Morgan fingerprint density at radius 3 is 2.79 bits per heavy atom. The molecule has 1 aromatic heterocycles. The number of benzene rings is 1. The Labute approximate surface area is 126 Å². The second kappa shape index (κ2) is 6.35. The van der Waals surface area contributed by atoms with Crippen molar-refractivity contribution in [3.05, 3.63) is 56.2 Å². The molecule has 2 nitrogen and oxygen atoms in total. The summed E-state index contributed by atoms with van der Waals surface area (Å²) >= 11 is 5.19. The number of rotatable bonds is 4. The fourth-order valence-electron chi connectivity index (χ4n) is 1.83. The van der Waals surface area contributed by atoms with Gasteiger partial charge < -0.3 is 4.90 Å². The van der Waals surface area contributed by atoms with E-state index in [1.165, 1.54) is 4.88 Å². The summed E-state index contributed by atoms with van der Waals surface area (Å²) in [6, 6.07) is 9.96. The van der Waals surface area contributed by atoms with E-state index in [2.05, 4.69) is 27.4 Å². The molecule has 2 aromatic rings. The first-order valence-electron chi connectivity index (χ1n) is 6.12. The molecule has 1 heterocycles. The molecule has 0 saturated carbocycles. The third-order valence-corrected chi connectivity index (χ3v) is 4.57. The lowest BCUT2D eigenvalue weighted by Crippen LogP contribution is -2.29. The van der Waals surface area contributed by atoms with Crippen LogP contribution in [-0.2, 0) is 6.42 Å². The first-order valence-corrected chi connectivity index (χ1v) is 7.79. The summed E-state index contributed by atoms with van der Waals surface area (Å²) in [5, 5.41) is 2.06. The average molecular weight is 338 g/mol. The van der Waals surface area contributed by atoms with Crippen LogP contribution in [0.25, 0.3) is 0 Å². The minimum Gasteiger partial charge on any atom is -0.341 e. The molecule has 0 spiro atoms. The van der Waals surface area contributed by atoms with Crippen molar-refractivity contribution >= 4 is 33.2 Å². The SMILES string of the molecule is Cc1ccc(C(=O)N(C)CCc2cccs2)c(Br)c1. The third-order valence-electron chi connectivity index (χ3n) is 2.98. The van der Waals surface area contributed by atoms with E-state index < -0.39 is 0 Å². The van der Waals surface area contributed by atoms with E-state index in [1.807, 2.05) is 38.2 Å². The molecule has 0 aliphatic rings. The smallest absolute Gasteiger partial charge is 0.254 e. The van der Waals surface area contributed by atoms with E-state index in [0.717, 1.165) is 28.6 Å². The zero-order chi connectivity index (χ0) is 13.8. The summed E-state index contributed by atoms with van der Waals surface area (Å²) in [6.07, 6.45) is 0.906. The molecule has 0 fully saturated rings. The van der Waals surface area contributed by atoms with Crippen molar-refractivity contribution < 1.29 is 4.79 Å². The van der Waals surface area contributed by atoms with Crippen LogP contribution in [0.5, 0.6) is 0 Å². The van der Waals surface area contributed by atoms with Gasteiger partial charge in [0.25, 0.3) is 5.91 Å². The Balaban J connectivity index is 2.02. The number of hydrogen-bond acceptors (Lipinski definition) is 2. The quantitative estimate of drug-likeness (QED) is 0.821. The Kier molecular flexibility index (Phi) is 4.77. The van der Waals surface area contributed by atoms with Crippen LogP contribution in [-0.4, -0.2) is 24.4 Å². The standard InChI is InChI=1S/C15H16BrNOS/c1-11-5-6-13(14(16)10-11)15(18)17(2)8-7-12-4-3-9-19-12/h3-6,9-10H,7-8H2,1-2H3. The molecule has 0 atom stereocenters. The van der Waals surface area contributed by atoms with E-state index in [9.17, 15) is 4.79 Å². The summed E-state index contributed by atoms with van der Waals surface area (Å²) in [4.78, 5) is 15.4. The molecule has 1 aromatic carbocycles. The molecule has 0 aliphatic carbocycles. The van der Waals surface area contributed by atoms with Crippen LogP contribution in [0.2, 0.25) is 0 Å². The van der Waals surface area contributed by atoms with Crippen LogP contribution in [0.1, 0.15) is 20.8 Å². The number of aryl methyl sites for hydroxylation is 1. The van der Waals surface area contributed by atoms with E-state index in [-0.39, 0.29) is 5.91 Å². The molecule has 100 valence electrons. The highest BCUT2D eigenvalue weighted by Gasteiger charge is 2.14. The molecule has 1 amide bonds. The zero-order valence-electron chi connectivity index (χ0n) is 11.0. The lowest BCUT2D eigenvalue weighted by molar-refractivity contribution is 0.0796. The van der Waals surface area contributed by atoms with Gasteiger partial charge in [0.1, 0.15) is 0 Å². The summed E-state index contributed by atoms with van der Waals surface area (Å²) in [5.41, 5.74) is 1.86. The van der Waals surface area contributed by atoms with Gasteiger partial charge in [-0.2, -0.15) is 0 Å². The van der Waals surface area contributed by atoms with Gasteiger partial charge in [0.15, 0.2) is 0 Å². The van der Waals surface area contributed by atoms with E-state index in [1.54, 1.807) is 16.2 Å². The lowest BCUT2D eigenvalue weighted by Gasteiger charge is -2.17. The van der Waals surface area contributed by atoms with Gasteiger partial charge in [-0.1, -0.05) is 12.1 Å². The Morgan fingerprint density at radius 1 is 1.37 bits per heavy atom. The average Bonchev–Trinajstić information content (AvgIpc) is 2.88. The molecule has 4 heteroatoms. The maximum absolute atomic E-state index is 12.3. The number of amides is 1. The highest BCUT2D eigenvalue weighted by atomic mass is 79.9. The van der Waals surface area contributed by atoms with Crippen molar-refractivity contribution in [2.45, 2.75) is 13.3 Å². The van der Waals surface area contributed by atoms with Crippen molar-refractivity contribution in [3.8, 4) is 0 Å². The molecule has 0 aliphatic heterocycles. The Hall–Kier alpha value is -1.13. The van der Waals surface area contributed by atoms with Crippen molar-refractivity contribution in [1.29, 1.82) is 0 Å². The maximum atomic E-state index is 12.3. The molecule has 0 radical (unpaired) electrons. The fraction of sp³-hybridized carbons (Fsp3) is 0.267. The van der Waals surface area contributed by atoms with Gasteiger partial charge in [0.05, 0.1) is 5.56 Å². The predicted molar refractivity (Wildman–Crippen MR) is 83.9 cm³/mol. The minimum absolute atomic E-state index is 0.0587. The van der Waals surface area contributed by atoms with Crippen LogP contribution in [0, 0.1) is 6.92 Å². The molecule has 0 saturated heterocycles.